The average Bonchev–Trinajstić information content (AvgIpc) is 3.23. The van der Waals surface area contributed by atoms with E-state index in [1.807, 2.05) is 30.9 Å². The zero-order valence-corrected chi connectivity index (χ0v) is 15.1. The van der Waals surface area contributed by atoms with Gasteiger partial charge in [0, 0.05) is 39.6 Å². The molecule has 0 aliphatic carbocycles. The predicted octanol–water partition coefficient (Wildman–Crippen LogP) is 4.75. The molecular weight excluding hydrogens is 326 g/mol. The van der Waals surface area contributed by atoms with Crippen molar-refractivity contribution in [3.05, 3.63) is 43.8 Å². The van der Waals surface area contributed by atoms with E-state index in [1.165, 1.54) is 4.88 Å². The minimum Gasteiger partial charge on any atom is -0.335 e. The van der Waals surface area contributed by atoms with Crippen LogP contribution in [0, 0.1) is 13.8 Å². The minimum atomic E-state index is 0.0899. The van der Waals surface area contributed by atoms with Crippen LogP contribution in [0.2, 0.25) is 0 Å². The van der Waals surface area contributed by atoms with Crippen molar-refractivity contribution >= 4 is 34.4 Å². The van der Waals surface area contributed by atoms with Crippen LogP contribution in [-0.2, 0) is 4.79 Å². The molecule has 1 aliphatic rings. The van der Waals surface area contributed by atoms with Gasteiger partial charge >= 0.3 is 0 Å². The molecule has 2 aromatic heterocycles. The molecule has 122 valence electrons. The summed E-state index contributed by atoms with van der Waals surface area (Å²) in [5.41, 5.74) is 0.788. The average molecular weight is 348 g/mol. The van der Waals surface area contributed by atoms with Gasteiger partial charge in [0.1, 0.15) is 0 Å². The summed E-state index contributed by atoms with van der Waals surface area (Å²) >= 11 is 3.35. The van der Waals surface area contributed by atoms with Crippen LogP contribution in [0.25, 0.3) is 0 Å². The molecule has 2 aromatic rings. The number of carbonyl (C=O) groups excluding carboxylic acids is 2. The summed E-state index contributed by atoms with van der Waals surface area (Å²) < 4.78 is 0. The van der Waals surface area contributed by atoms with Crippen LogP contribution in [0.5, 0.6) is 0 Å². The van der Waals surface area contributed by atoms with Gasteiger partial charge in [-0.2, -0.15) is 0 Å². The highest BCUT2D eigenvalue weighted by Crippen LogP contribution is 2.35. The highest BCUT2D eigenvalue weighted by Gasteiger charge is 2.30. The molecule has 0 radical (unpaired) electrons. The number of amides is 1. The SMILES string of the molecule is Cc1cc(C(=O)CCC(=O)N2CCCC2c2cccs2)c(C)s1. The molecule has 1 fully saturated rings. The summed E-state index contributed by atoms with van der Waals surface area (Å²) in [4.78, 5) is 30.3. The van der Waals surface area contributed by atoms with Gasteiger partial charge in [-0.1, -0.05) is 6.07 Å². The van der Waals surface area contributed by atoms with E-state index >= 15 is 0 Å². The molecule has 3 rings (SSSR count). The molecule has 0 spiro atoms. The first-order valence-electron chi connectivity index (χ1n) is 7.99. The Hall–Kier alpha value is -1.46. The molecule has 3 nitrogen and oxygen atoms in total. The van der Waals surface area contributed by atoms with Gasteiger partial charge in [0.2, 0.25) is 5.91 Å². The predicted molar refractivity (Wildman–Crippen MR) is 95.4 cm³/mol. The quantitative estimate of drug-likeness (QED) is 0.732. The fourth-order valence-corrected chi connectivity index (χ4v) is 5.06. The van der Waals surface area contributed by atoms with Gasteiger partial charge in [-0.25, -0.2) is 0 Å². The lowest BCUT2D eigenvalue weighted by Crippen LogP contribution is -2.30. The summed E-state index contributed by atoms with van der Waals surface area (Å²) in [5.74, 6) is 0.200. The number of aryl methyl sites for hydroxylation is 2. The second-order valence-electron chi connectivity index (χ2n) is 6.01. The Labute approximate surface area is 144 Å². The Bertz CT molecular complexity index is 703. The van der Waals surface area contributed by atoms with E-state index in [-0.39, 0.29) is 17.7 Å². The topological polar surface area (TPSA) is 37.4 Å². The van der Waals surface area contributed by atoms with Crippen molar-refractivity contribution in [1.29, 1.82) is 0 Å². The first-order valence-corrected chi connectivity index (χ1v) is 9.69. The normalized spacial score (nSPS) is 17.7. The third-order valence-electron chi connectivity index (χ3n) is 4.35. The standard InChI is InChI=1S/C18H21NO2S2/c1-12-11-14(13(2)23-12)16(20)7-8-18(21)19-9-3-5-15(19)17-6-4-10-22-17/h4,6,10-11,15H,3,5,7-9H2,1-2H3. The number of Topliss-reactive ketones (excluding diaryl/α,β-unsaturated/α-hetero) is 1. The zero-order chi connectivity index (χ0) is 16.4. The van der Waals surface area contributed by atoms with Gasteiger partial charge in [0.15, 0.2) is 5.78 Å². The number of carbonyl (C=O) groups is 2. The summed E-state index contributed by atoms with van der Waals surface area (Å²) in [7, 11) is 0. The first-order chi connectivity index (χ1) is 11.1. The molecule has 3 heterocycles. The van der Waals surface area contributed by atoms with E-state index in [9.17, 15) is 9.59 Å². The smallest absolute Gasteiger partial charge is 0.223 e. The lowest BCUT2D eigenvalue weighted by Gasteiger charge is -2.23. The Morgan fingerprint density at radius 1 is 1.30 bits per heavy atom. The third kappa shape index (κ3) is 3.56. The molecule has 0 bridgehead atoms. The molecule has 1 saturated heterocycles. The number of hydrogen-bond acceptors (Lipinski definition) is 4. The molecule has 5 heteroatoms. The van der Waals surface area contributed by atoms with Crippen LogP contribution < -0.4 is 0 Å². The van der Waals surface area contributed by atoms with E-state index in [1.54, 1.807) is 22.7 Å². The van der Waals surface area contributed by atoms with Gasteiger partial charge in [0.25, 0.3) is 0 Å². The van der Waals surface area contributed by atoms with E-state index in [4.69, 9.17) is 0 Å². The van der Waals surface area contributed by atoms with Gasteiger partial charge in [-0.3, -0.25) is 9.59 Å². The van der Waals surface area contributed by atoms with Crippen molar-refractivity contribution < 1.29 is 9.59 Å². The Morgan fingerprint density at radius 2 is 2.13 bits per heavy atom. The van der Waals surface area contributed by atoms with Crippen molar-refractivity contribution in [2.45, 2.75) is 45.6 Å². The molecule has 1 unspecified atom stereocenters. The summed E-state index contributed by atoms with van der Waals surface area (Å²) in [5, 5.41) is 2.06. The van der Waals surface area contributed by atoms with E-state index in [0.717, 1.165) is 34.7 Å². The van der Waals surface area contributed by atoms with Gasteiger partial charge < -0.3 is 4.90 Å². The lowest BCUT2D eigenvalue weighted by molar-refractivity contribution is -0.132. The van der Waals surface area contributed by atoms with Crippen LogP contribution in [0.1, 0.15) is 56.7 Å². The van der Waals surface area contributed by atoms with Crippen molar-refractivity contribution in [1.82, 2.24) is 4.90 Å². The number of hydrogen-bond donors (Lipinski definition) is 0. The van der Waals surface area contributed by atoms with Crippen molar-refractivity contribution in [3.8, 4) is 0 Å². The number of ketones is 1. The summed E-state index contributed by atoms with van der Waals surface area (Å²) in [6, 6.07) is 6.29. The van der Waals surface area contributed by atoms with Crippen molar-refractivity contribution in [2.24, 2.45) is 0 Å². The van der Waals surface area contributed by atoms with E-state index in [0.29, 0.717) is 12.8 Å². The van der Waals surface area contributed by atoms with Crippen LogP contribution in [0.3, 0.4) is 0 Å². The fourth-order valence-electron chi connectivity index (χ4n) is 3.25. The van der Waals surface area contributed by atoms with Crippen LogP contribution in [-0.4, -0.2) is 23.1 Å². The van der Waals surface area contributed by atoms with E-state index in [2.05, 4.69) is 11.4 Å². The third-order valence-corrected chi connectivity index (χ3v) is 6.29. The number of nitrogens with zero attached hydrogens (tertiary/aromatic N) is 1. The molecule has 1 amide bonds. The number of rotatable bonds is 5. The van der Waals surface area contributed by atoms with Crippen LogP contribution in [0.4, 0.5) is 0 Å². The Kier molecular flexibility index (Phi) is 4.97. The highest BCUT2D eigenvalue weighted by molar-refractivity contribution is 7.12. The lowest BCUT2D eigenvalue weighted by atomic mass is 10.1. The minimum absolute atomic E-state index is 0.0899. The zero-order valence-electron chi connectivity index (χ0n) is 13.5. The molecule has 0 saturated carbocycles. The largest absolute Gasteiger partial charge is 0.335 e. The Morgan fingerprint density at radius 3 is 2.78 bits per heavy atom. The van der Waals surface area contributed by atoms with Gasteiger partial charge in [-0.05, 0) is 44.2 Å². The van der Waals surface area contributed by atoms with E-state index < -0.39 is 0 Å². The summed E-state index contributed by atoms with van der Waals surface area (Å²) in [6.45, 7) is 4.79. The molecule has 1 aliphatic heterocycles. The first kappa shape index (κ1) is 16.4. The molecule has 0 N–H and O–H groups in total. The molecule has 23 heavy (non-hydrogen) atoms. The molecular formula is C18H21NO2S2. The number of likely N-dealkylation sites (tertiary alicyclic amines) is 1. The van der Waals surface area contributed by atoms with Gasteiger partial charge in [0.05, 0.1) is 6.04 Å². The van der Waals surface area contributed by atoms with Gasteiger partial charge in [-0.15, -0.1) is 22.7 Å². The second-order valence-corrected chi connectivity index (χ2v) is 8.45. The van der Waals surface area contributed by atoms with Crippen molar-refractivity contribution in [3.63, 3.8) is 0 Å². The maximum Gasteiger partial charge on any atom is 0.223 e. The fraction of sp³-hybridized carbons (Fsp3) is 0.444. The molecule has 0 aromatic carbocycles. The monoisotopic (exact) mass is 347 g/mol. The summed E-state index contributed by atoms with van der Waals surface area (Å²) in [6.07, 6.45) is 2.70. The van der Waals surface area contributed by atoms with Crippen LogP contribution in [0.15, 0.2) is 23.6 Å². The van der Waals surface area contributed by atoms with Crippen LogP contribution >= 0.6 is 22.7 Å². The maximum absolute atomic E-state index is 12.6. The highest BCUT2D eigenvalue weighted by atomic mass is 32.1. The second kappa shape index (κ2) is 6.97. The molecule has 1 atom stereocenters. The Balaban J connectivity index is 1.61. The number of thiophene rings is 2. The van der Waals surface area contributed by atoms with Crippen molar-refractivity contribution in [2.75, 3.05) is 6.54 Å². The maximum atomic E-state index is 12.6.